The molecule has 168 valence electrons. The van der Waals surface area contributed by atoms with Crippen LogP contribution in [0.3, 0.4) is 0 Å². The molecule has 1 atom stereocenters. The van der Waals surface area contributed by atoms with Crippen molar-refractivity contribution < 1.29 is 0 Å². The Balaban J connectivity index is 1.33. The molecule has 0 bridgehead atoms. The molecule has 0 aliphatic carbocycles. The third kappa shape index (κ3) is 5.73. The van der Waals surface area contributed by atoms with Crippen LogP contribution in [-0.4, -0.2) is 51.1 Å². The zero-order valence-corrected chi connectivity index (χ0v) is 19.0. The van der Waals surface area contributed by atoms with E-state index in [1.807, 2.05) is 30.0 Å². The molecule has 1 aliphatic heterocycles. The van der Waals surface area contributed by atoms with Crippen LogP contribution in [0, 0.1) is 6.92 Å². The van der Waals surface area contributed by atoms with Gasteiger partial charge in [-0.2, -0.15) is 0 Å². The second kappa shape index (κ2) is 10.9. The number of nitrogens with zero attached hydrogens (tertiary/aromatic N) is 5. The molecule has 32 heavy (non-hydrogen) atoms. The van der Waals surface area contributed by atoms with Gasteiger partial charge in [0.2, 0.25) is 0 Å². The summed E-state index contributed by atoms with van der Waals surface area (Å²) in [6.45, 7) is 8.55. The van der Waals surface area contributed by atoms with E-state index in [1.165, 1.54) is 18.4 Å². The first-order valence-corrected chi connectivity index (χ1v) is 11.5. The molecule has 2 N–H and O–H groups in total. The predicted octanol–water partition coefficient (Wildman–Crippen LogP) is 3.30. The molecule has 1 unspecified atom stereocenters. The fraction of sp³-hybridized carbons (Fsp3) is 0.400. The molecule has 0 amide bonds. The maximum absolute atomic E-state index is 4.78. The van der Waals surface area contributed by atoms with Crippen molar-refractivity contribution in [3.63, 3.8) is 0 Å². The third-order valence-electron chi connectivity index (χ3n) is 5.88. The predicted molar refractivity (Wildman–Crippen MR) is 129 cm³/mol. The molecule has 0 saturated carbocycles. The number of likely N-dealkylation sites (tertiary alicyclic amines) is 1. The van der Waals surface area contributed by atoms with Gasteiger partial charge in [0.25, 0.3) is 0 Å². The van der Waals surface area contributed by atoms with Gasteiger partial charge in [0.1, 0.15) is 11.6 Å². The van der Waals surface area contributed by atoms with Gasteiger partial charge in [-0.15, -0.1) is 0 Å². The number of imidazole rings is 1. The van der Waals surface area contributed by atoms with Gasteiger partial charge in [0.15, 0.2) is 5.96 Å². The van der Waals surface area contributed by atoms with Gasteiger partial charge in [0, 0.05) is 44.3 Å². The van der Waals surface area contributed by atoms with Gasteiger partial charge in [-0.1, -0.05) is 36.4 Å². The summed E-state index contributed by atoms with van der Waals surface area (Å²) < 4.78 is 1.97. The zero-order chi connectivity index (χ0) is 22.2. The highest BCUT2D eigenvalue weighted by Gasteiger charge is 2.24. The summed E-state index contributed by atoms with van der Waals surface area (Å²) in [7, 11) is 0. The Labute approximate surface area is 190 Å². The van der Waals surface area contributed by atoms with Crippen LogP contribution in [0.25, 0.3) is 5.82 Å². The van der Waals surface area contributed by atoms with Crippen LogP contribution >= 0.6 is 0 Å². The summed E-state index contributed by atoms with van der Waals surface area (Å²) in [6.07, 6.45) is 8.07. The van der Waals surface area contributed by atoms with Gasteiger partial charge >= 0.3 is 0 Å². The van der Waals surface area contributed by atoms with Crippen molar-refractivity contribution >= 4 is 5.96 Å². The molecule has 3 aromatic rings. The van der Waals surface area contributed by atoms with Crippen molar-refractivity contribution in [1.29, 1.82) is 0 Å². The monoisotopic (exact) mass is 431 g/mol. The van der Waals surface area contributed by atoms with E-state index < -0.39 is 0 Å². The highest BCUT2D eigenvalue weighted by Crippen LogP contribution is 2.19. The number of nitrogens with one attached hydrogen (secondary N) is 2. The van der Waals surface area contributed by atoms with Gasteiger partial charge in [-0.05, 0) is 50.4 Å². The van der Waals surface area contributed by atoms with Gasteiger partial charge in [-0.25, -0.2) is 15.0 Å². The minimum absolute atomic E-state index is 0.526. The number of hydrogen-bond donors (Lipinski definition) is 2. The highest BCUT2D eigenvalue weighted by molar-refractivity contribution is 5.79. The maximum atomic E-state index is 4.78. The van der Waals surface area contributed by atoms with Crippen molar-refractivity contribution in [3.05, 3.63) is 78.0 Å². The van der Waals surface area contributed by atoms with Crippen LogP contribution in [0.5, 0.6) is 0 Å². The molecule has 7 heteroatoms. The van der Waals surface area contributed by atoms with E-state index in [1.54, 1.807) is 6.20 Å². The average molecular weight is 432 g/mol. The number of benzene rings is 1. The van der Waals surface area contributed by atoms with Gasteiger partial charge in [0.05, 0.1) is 6.54 Å². The van der Waals surface area contributed by atoms with Crippen LogP contribution in [0.2, 0.25) is 0 Å². The Morgan fingerprint density at radius 2 is 1.97 bits per heavy atom. The smallest absolute Gasteiger partial charge is 0.191 e. The first kappa shape index (κ1) is 22.0. The number of rotatable bonds is 8. The lowest BCUT2D eigenvalue weighted by Crippen LogP contribution is -2.44. The van der Waals surface area contributed by atoms with E-state index in [0.29, 0.717) is 12.6 Å². The molecule has 7 nitrogen and oxygen atoms in total. The lowest BCUT2D eigenvalue weighted by Gasteiger charge is -2.25. The minimum atomic E-state index is 0.526. The first-order valence-electron chi connectivity index (χ1n) is 11.5. The standard InChI is InChI=1S/C25H33N7/c1-3-26-25(29-17-22-11-12-24(28-16-22)32-15-13-27-20(32)2)30-18-23-10-7-14-31(23)19-21-8-5-4-6-9-21/h4-6,8-9,11-13,15-16,23H,3,7,10,14,17-19H2,1-2H3,(H2,26,29,30). The molecule has 1 saturated heterocycles. The largest absolute Gasteiger partial charge is 0.357 e. The number of aliphatic imine (C=N–C) groups is 1. The Morgan fingerprint density at radius 3 is 2.69 bits per heavy atom. The summed E-state index contributed by atoms with van der Waals surface area (Å²) in [4.78, 5) is 16.2. The SMILES string of the molecule is CCNC(=NCc1ccc(-n2ccnc2C)nc1)NCC1CCCN1Cc1ccccc1. The second-order valence-electron chi connectivity index (χ2n) is 8.20. The molecule has 4 rings (SSSR count). The first-order chi connectivity index (χ1) is 15.7. The highest BCUT2D eigenvalue weighted by atomic mass is 15.2. The van der Waals surface area contributed by atoms with E-state index in [2.05, 4.69) is 68.8 Å². The normalized spacial score (nSPS) is 16.9. The summed E-state index contributed by atoms with van der Waals surface area (Å²) in [5, 5.41) is 6.92. The van der Waals surface area contributed by atoms with Gasteiger partial charge in [-0.3, -0.25) is 9.47 Å². The number of pyridine rings is 1. The maximum Gasteiger partial charge on any atom is 0.191 e. The van der Waals surface area contributed by atoms with Crippen LogP contribution < -0.4 is 10.6 Å². The van der Waals surface area contributed by atoms with Crippen molar-refractivity contribution in [2.45, 2.75) is 45.8 Å². The Morgan fingerprint density at radius 1 is 1.09 bits per heavy atom. The minimum Gasteiger partial charge on any atom is -0.357 e. The van der Waals surface area contributed by atoms with E-state index in [4.69, 9.17) is 4.99 Å². The summed E-state index contributed by atoms with van der Waals surface area (Å²) in [5.74, 6) is 2.65. The van der Waals surface area contributed by atoms with Gasteiger partial charge < -0.3 is 10.6 Å². The molecular formula is C25H33N7. The Hall–Kier alpha value is -3.19. The van der Waals surface area contributed by atoms with E-state index in [9.17, 15) is 0 Å². The van der Waals surface area contributed by atoms with Crippen LogP contribution in [0.1, 0.15) is 36.7 Å². The lowest BCUT2D eigenvalue weighted by atomic mass is 10.2. The molecule has 2 aromatic heterocycles. The molecule has 0 radical (unpaired) electrons. The molecule has 1 aliphatic rings. The number of guanidine groups is 1. The summed E-state index contributed by atoms with van der Waals surface area (Å²) in [6, 6.07) is 15.3. The van der Waals surface area contributed by atoms with E-state index in [0.717, 1.165) is 49.3 Å². The Kier molecular flexibility index (Phi) is 7.51. The van der Waals surface area contributed by atoms with Crippen molar-refractivity contribution in [3.8, 4) is 5.82 Å². The molecule has 3 heterocycles. The fourth-order valence-corrected chi connectivity index (χ4v) is 4.15. The molecule has 1 aromatic carbocycles. The number of aromatic nitrogens is 3. The lowest BCUT2D eigenvalue weighted by molar-refractivity contribution is 0.245. The average Bonchev–Trinajstić information content (AvgIpc) is 3.45. The van der Waals surface area contributed by atoms with Crippen molar-refractivity contribution in [1.82, 2.24) is 30.1 Å². The van der Waals surface area contributed by atoms with Crippen molar-refractivity contribution in [2.75, 3.05) is 19.6 Å². The fourth-order valence-electron chi connectivity index (χ4n) is 4.15. The van der Waals surface area contributed by atoms with E-state index in [-0.39, 0.29) is 0 Å². The Bertz CT molecular complexity index is 995. The van der Waals surface area contributed by atoms with Crippen molar-refractivity contribution in [2.24, 2.45) is 4.99 Å². The van der Waals surface area contributed by atoms with Crippen LogP contribution in [0.15, 0.2) is 66.0 Å². The zero-order valence-electron chi connectivity index (χ0n) is 19.0. The topological polar surface area (TPSA) is 70.4 Å². The van der Waals surface area contributed by atoms with E-state index >= 15 is 0 Å². The number of hydrogen-bond acceptors (Lipinski definition) is 4. The van der Waals surface area contributed by atoms with Crippen LogP contribution in [0.4, 0.5) is 0 Å². The second-order valence-corrected chi connectivity index (χ2v) is 8.20. The molecular weight excluding hydrogens is 398 g/mol. The third-order valence-corrected chi connectivity index (χ3v) is 5.88. The molecule has 1 fully saturated rings. The quantitative estimate of drug-likeness (QED) is 0.423. The molecule has 0 spiro atoms. The number of aryl methyl sites for hydroxylation is 1. The summed E-state index contributed by atoms with van der Waals surface area (Å²) in [5.41, 5.74) is 2.46. The summed E-state index contributed by atoms with van der Waals surface area (Å²) >= 11 is 0. The van der Waals surface area contributed by atoms with Crippen LogP contribution in [-0.2, 0) is 13.1 Å².